The predicted molar refractivity (Wildman–Crippen MR) is 61.0 cm³/mol. The lowest BCUT2D eigenvalue weighted by Gasteiger charge is -2.02. The molecule has 0 atom stereocenters. The van der Waals surface area contributed by atoms with Crippen molar-refractivity contribution in [1.29, 1.82) is 0 Å². The van der Waals surface area contributed by atoms with Gasteiger partial charge < -0.3 is 0 Å². The maximum absolute atomic E-state index is 4.37. The lowest BCUT2D eigenvalue weighted by molar-refractivity contribution is 0.900. The van der Waals surface area contributed by atoms with E-state index >= 15 is 0 Å². The van der Waals surface area contributed by atoms with Crippen LogP contribution in [0.25, 0.3) is 16.8 Å². The number of nitrogens with zero attached hydrogens (tertiary/aromatic N) is 4. The van der Waals surface area contributed by atoms with E-state index in [0.29, 0.717) is 0 Å². The molecule has 0 radical (unpaired) electrons. The molecular formula is C12H10N4. The number of fused-ring (bicyclic) bond motifs is 1. The van der Waals surface area contributed by atoms with Gasteiger partial charge in [0.2, 0.25) is 0 Å². The van der Waals surface area contributed by atoms with Crippen molar-refractivity contribution in [2.45, 2.75) is 6.92 Å². The molecule has 0 aliphatic heterocycles. The average Bonchev–Trinajstić information content (AvgIpc) is 2.73. The van der Waals surface area contributed by atoms with Crippen molar-refractivity contribution in [2.75, 3.05) is 0 Å². The molecule has 3 rings (SSSR count). The third-order valence-corrected chi connectivity index (χ3v) is 2.55. The van der Waals surface area contributed by atoms with E-state index in [0.717, 1.165) is 22.5 Å². The Balaban J connectivity index is 2.32. The largest absolute Gasteiger partial charge is 0.264 e. The van der Waals surface area contributed by atoms with E-state index in [-0.39, 0.29) is 0 Å². The fourth-order valence-corrected chi connectivity index (χ4v) is 1.76. The fourth-order valence-electron chi connectivity index (χ4n) is 1.76. The minimum atomic E-state index is 0.869. The fraction of sp³-hybridized carbons (Fsp3) is 0.0833. The Labute approximate surface area is 92.6 Å². The van der Waals surface area contributed by atoms with Crippen molar-refractivity contribution in [3.8, 4) is 11.1 Å². The van der Waals surface area contributed by atoms with Crippen LogP contribution in [0.5, 0.6) is 0 Å². The quantitative estimate of drug-likeness (QED) is 0.617. The Bertz CT molecular complexity index is 628. The summed E-state index contributed by atoms with van der Waals surface area (Å²) in [5.41, 5.74) is 4.01. The monoisotopic (exact) mass is 210 g/mol. The Hall–Kier alpha value is -2.23. The number of hydrogen-bond acceptors (Lipinski definition) is 3. The summed E-state index contributed by atoms with van der Waals surface area (Å²) in [5, 5.41) is 4.26. The van der Waals surface area contributed by atoms with Gasteiger partial charge in [-0.25, -0.2) is 9.50 Å². The van der Waals surface area contributed by atoms with E-state index in [4.69, 9.17) is 0 Å². The summed E-state index contributed by atoms with van der Waals surface area (Å²) in [5.74, 6) is 0. The zero-order valence-electron chi connectivity index (χ0n) is 8.83. The summed E-state index contributed by atoms with van der Waals surface area (Å²) < 4.78 is 1.84. The molecule has 0 aromatic carbocycles. The van der Waals surface area contributed by atoms with E-state index < -0.39 is 0 Å². The maximum Gasteiger partial charge on any atom is 0.161 e. The van der Waals surface area contributed by atoms with Gasteiger partial charge in [0.25, 0.3) is 0 Å². The zero-order valence-corrected chi connectivity index (χ0v) is 8.83. The molecule has 0 amide bonds. The van der Waals surface area contributed by atoms with Crippen LogP contribution < -0.4 is 0 Å². The van der Waals surface area contributed by atoms with Crippen LogP contribution in [0.2, 0.25) is 0 Å². The lowest BCUT2D eigenvalue weighted by atomic mass is 10.1. The van der Waals surface area contributed by atoms with E-state index in [1.54, 1.807) is 12.4 Å². The summed E-state index contributed by atoms with van der Waals surface area (Å²) in [6.45, 7) is 1.99. The first-order valence-corrected chi connectivity index (χ1v) is 5.06. The molecule has 3 heterocycles. The van der Waals surface area contributed by atoms with Gasteiger partial charge in [0, 0.05) is 29.7 Å². The molecule has 0 fully saturated rings. The first-order chi connectivity index (χ1) is 7.86. The first kappa shape index (κ1) is 9.03. The van der Waals surface area contributed by atoms with Gasteiger partial charge in [-0.3, -0.25) is 4.98 Å². The van der Waals surface area contributed by atoms with Crippen molar-refractivity contribution in [3.05, 3.63) is 48.7 Å². The van der Waals surface area contributed by atoms with Crippen LogP contribution in [0.4, 0.5) is 0 Å². The minimum Gasteiger partial charge on any atom is -0.264 e. The highest BCUT2D eigenvalue weighted by atomic mass is 15.2. The second-order valence-electron chi connectivity index (χ2n) is 3.62. The van der Waals surface area contributed by atoms with Crippen molar-refractivity contribution in [3.63, 3.8) is 0 Å². The van der Waals surface area contributed by atoms with Crippen molar-refractivity contribution >= 4 is 5.65 Å². The van der Waals surface area contributed by atoms with Crippen LogP contribution in [0.1, 0.15) is 5.69 Å². The third-order valence-electron chi connectivity index (χ3n) is 2.55. The second-order valence-corrected chi connectivity index (χ2v) is 3.62. The van der Waals surface area contributed by atoms with Crippen LogP contribution in [-0.4, -0.2) is 19.6 Å². The molecule has 78 valence electrons. The molecule has 0 unspecified atom stereocenters. The summed E-state index contributed by atoms with van der Waals surface area (Å²) in [6, 6.07) is 5.90. The highest BCUT2D eigenvalue weighted by Gasteiger charge is 2.07. The van der Waals surface area contributed by atoms with Crippen molar-refractivity contribution in [2.24, 2.45) is 0 Å². The normalized spacial score (nSPS) is 10.8. The minimum absolute atomic E-state index is 0.869. The van der Waals surface area contributed by atoms with E-state index in [1.165, 1.54) is 0 Å². The molecule has 0 saturated carbocycles. The van der Waals surface area contributed by atoms with Crippen LogP contribution in [0, 0.1) is 6.92 Å². The van der Waals surface area contributed by atoms with Crippen LogP contribution in [0.15, 0.2) is 43.0 Å². The highest BCUT2D eigenvalue weighted by Crippen LogP contribution is 2.22. The van der Waals surface area contributed by atoms with E-state index in [9.17, 15) is 0 Å². The topological polar surface area (TPSA) is 43.1 Å². The highest BCUT2D eigenvalue weighted by molar-refractivity contribution is 5.76. The number of rotatable bonds is 1. The molecular weight excluding hydrogens is 200 g/mol. The standard InChI is InChI=1S/C12H10N4/c1-9-7-14-12-11(4-6-15-16(9)12)10-3-2-5-13-8-10/h2-8H,1H3. The molecule has 0 aliphatic carbocycles. The van der Waals surface area contributed by atoms with Gasteiger partial charge in [0.1, 0.15) is 0 Å². The smallest absolute Gasteiger partial charge is 0.161 e. The Kier molecular flexibility index (Phi) is 1.93. The Morgan fingerprint density at radius 3 is 2.88 bits per heavy atom. The van der Waals surface area contributed by atoms with Crippen LogP contribution in [-0.2, 0) is 0 Å². The summed E-state index contributed by atoms with van der Waals surface area (Å²) in [7, 11) is 0. The molecule has 0 spiro atoms. The Morgan fingerprint density at radius 2 is 2.06 bits per heavy atom. The number of hydrogen-bond donors (Lipinski definition) is 0. The number of aromatic nitrogens is 4. The molecule has 4 heteroatoms. The average molecular weight is 210 g/mol. The lowest BCUT2D eigenvalue weighted by Crippen LogP contribution is -1.94. The molecule has 16 heavy (non-hydrogen) atoms. The van der Waals surface area contributed by atoms with Gasteiger partial charge >= 0.3 is 0 Å². The van der Waals surface area contributed by atoms with Crippen LogP contribution >= 0.6 is 0 Å². The van der Waals surface area contributed by atoms with Gasteiger partial charge in [-0.15, -0.1) is 0 Å². The molecule has 3 aromatic heterocycles. The predicted octanol–water partition coefficient (Wildman–Crippen LogP) is 2.10. The van der Waals surface area contributed by atoms with Gasteiger partial charge in [0.05, 0.1) is 11.9 Å². The van der Waals surface area contributed by atoms with E-state index in [2.05, 4.69) is 15.1 Å². The second kappa shape index (κ2) is 3.41. The molecule has 0 aliphatic rings. The first-order valence-electron chi connectivity index (χ1n) is 5.06. The number of imidazole rings is 1. The molecule has 0 N–H and O–H groups in total. The molecule has 3 aromatic rings. The van der Waals surface area contributed by atoms with Gasteiger partial charge in [-0.1, -0.05) is 6.07 Å². The van der Waals surface area contributed by atoms with E-state index in [1.807, 2.05) is 42.0 Å². The van der Waals surface area contributed by atoms with Crippen molar-refractivity contribution < 1.29 is 0 Å². The van der Waals surface area contributed by atoms with Gasteiger partial charge in [0.15, 0.2) is 5.65 Å². The molecule has 0 bridgehead atoms. The van der Waals surface area contributed by atoms with Gasteiger partial charge in [-0.05, 0) is 19.1 Å². The number of aryl methyl sites for hydroxylation is 1. The van der Waals surface area contributed by atoms with Crippen LogP contribution in [0.3, 0.4) is 0 Å². The number of pyridine rings is 1. The Morgan fingerprint density at radius 1 is 1.12 bits per heavy atom. The molecule has 0 saturated heterocycles. The summed E-state index contributed by atoms with van der Waals surface area (Å²) in [6.07, 6.45) is 7.20. The summed E-state index contributed by atoms with van der Waals surface area (Å²) in [4.78, 5) is 8.48. The van der Waals surface area contributed by atoms with Gasteiger partial charge in [-0.2, -0.15) is 5.10 Å². The molecule has 4 nitrogen and oxygen atoms in total. The SMILES string of the molecule is Cc1cnc2c(-c3cccnc3)ccnn12. The van der Waals surface area contributed by atoms with Crippen molar-refractivity contribution in [1.82, 2.24) is 19.6 Å². The maximum atomic E-state index is 4.37. The summed E-state index contributed by atoms with van der Waals surface area (Å²) >= 11 is 0. The third kappa shape index (κ3) is 1.27. The zero-order chi connectivity index (χ0) is 11.0.